The van der Waals surface area contributed by atoms with Gasteiger partial charge in [0.2, 0.25) is 0 Å². The van der Waals surface area contributed by atoms with Gasteiger partial charge in [-0.15, -0.1) is 6.58 Å². The first-order chi connectivity index (χ1) is 12.5. The summed E-state index contributed by atoms with van der Waals surface area (Å²) in [7, 11) is 0. The van der Waals surface area contributed by atoms with E-state index >= 15 is 0 Å². The van der Waals surface area contributed by atoms with Gasteiger partial charge in [-0.25, -0.2) is 4.39 Å². The number of nitrogens with zero attached hydrogens (tertiary/aromatic N) is 2. The van der Waals surface area contributed by atoms with Gasteiger partial charge in [0.1, 0.15) is 0 Å². The summed E-state index contributed by atoms with van der Waals surface area (Å²) in [6.07, 6.45) is 1.77. The lowest BCUT2D eigenvalue weighted by atomic mass is 10.1. The molecule has 0 fully saturated rings. The van der Waals surface area contributed by atoms with Crippen LogP contribution in [0.25, 0.3) is 10.2 Å². The number of para-hydroxylation sites is 1. The van der Waals surface area contributed by atoms with Crippen molar-refractivity contribution in [3.63, 3.8) is 0 Å². The topological polar surface area (TPSA) is 43.6 Å². The van der Waals surface area contributed by atoms with Gasteiger partial charge < -0.3 is 9.30 Å². The Labute approximate surface area is 154 Å². The molecular formula is C20H19FN2O2S. The number of aromatic nitrogens is 1. The third kappa shape index (κ3) is 3.75. The van der Waals surface area contributed by atoms with Crippen LogP contribution in [0.2, 0.25) is 0 Å². The Hall–Kier alpha value is -2.73. The highest BCUT2D eigenvalue weighted by Crippen LogP contribution is 2.23. The molecule has 0 atom stereocenters. The second-order valence-electron chi connectivity index (χ2n) is 5.94. The number of ether oxygens (including phenoxy) is 1. The van der Waals surface area contributed by atoms with E-state index in [0.717, 1.165) is 21.3 Å². The van der Waals surface area contributed by atoms with E-state index in [-0.39, 0.29) is 12.4 Å². The fourth-order valence-corrected chi connectivity index (χ4v) is 3.85. The molecule has 0 spiro atoms. The highest BCUT2D eigenvalue weighted by Gasteiger charge is 2.11. The highest BCUT2D eigenvalue weighted by atomic mass is 32.1. The molecule has 1 aromatic heterocycles. The first-order valence-corrected chi connectivity index (χ1v) is 8.97. The van der Waals surface area contributed by atoms with Crippen molar-refractivity contribution >= 4 is 27.5 Å². The smallest absolute Gasteiger partial charge is 0.286 e. The molecule has 4 nitrogen and oxygen atoms in total. The van der Waals surface area contributed by atoms with E-state index in [1.807, 2.05) is 18.4 Å². The second kappa shape index (κ2) is 7.66. The van der Waals surface area contributed by atoms with Crippen LogP contribution in [0.3, 0.4) is 0 Å². The number of rotatable bonds is 5. The Morgan fingerprint density at radius 2 is 2.12 bits per heavy atom. The Balaban J connectivity index is 1.94. The lowest BCUT2D eigenvalue weighted by molar-refractivity contribution is -0.120. The number of hydrogen-bond acceptors (Lipinski definition) is 3. The number of halogens is 1. The highest BCUT2D eigenvalue weighted by molar-refractivity contribution is 7.16. The molecule has 3 rings (SSSR count). The Morgan fingerprint density at radius 3 is 2.85 bits per heavy atom. The zero-order valence-electron chi connectivity index (χ0n) is 14.7. The van der Waals surface area contributed by atoms with Crippen molar-refractivity contribution in [2.75, 3.05) is 6.61 Å². The van der Waals surface area contributed by atoms with E-state index in [0.29, 0.717) is 11.3 Å². The number of carbonyl (C=O) groups is 1. The number of allylic oxidation sites excluding steroid dienone is 1. The van der Waals surface area contributed by atoms with Crippen LogP contribution in [-0.4, -0.2) is 17.1 Å². The fourth-order valence-electron chi connectivity index (χ4n) is 2.74. The van der Waals surface area contributed by atoms with Crippen molar-refractivity contribution in [1.29, 1.82) is 0 Å². The average Bonchev–Trinajstić information content (AvgIpc) is 2.92. The molecule has 3 aromatic rings. The molecular weight excluding hydrogens is 351 g/mol. The molecule has 134 valence electrons. The normalized spacial score (nSPS) is 11.7. The van der Waals surface area contributed by atoms with Crippen LogP contribution in [0.5, 0.6) is 5.75 Å². The largest absolute Gasteiger partial charge is 0.481 e. The predicted molar refractivity (Wildman–Crippen MR) is 102 cm³/mol. The summed E-state index contributed by atoms with van der Waals surface area (Å²) in [5.74, 6) is -0.931. The minimum atomic E-state index is -0.505. The van der Waals surface area contributed by atoms with Gasteiger partial charge in [0.15, 0.2) is 23.0 Å². The maximum Gasteiger partial charge on any atom is 0.286 e. The number of thiazole rings is 1. The van der Waals surface area contributed by atoms with Gasteiger partial charge in [0, 0.05) is 6.54 Å². The minimum Gasteiger partial charge on any atom is -0.481 e. The first-order valence-electron chi connectivity index (χ1n) is 8.16. The van der Waals surface area contributed by atoms with Gasteiger partial charge in [0.25, 0.3) is 5.91 Å². The van der Waals surface area contributed by atoms with Crippen LogP contribution < -0.4 is 9.54 Å². The summed E-state index contributed by atoms with van der Waals surface area (Å²) in [6, 6.07) is 10.1. The number of fused-ring (bicyclic) bond motifs is 1. The van der Waals surface area contributed by atoms with Crippen molar-refractivity contribution in [1.82, 2.24) is 4.57 Å². The molecule has 1 amide bonds. The van der Waals surface area contributed by atoms with E-state index < -0.39 is 11.7 Å². The lowest BCUT2D eigenvalue weighted by Gasteiger charge is -2.04. The molecule has 0 bridgehead atoms. The van der Waals surface area contributed by atoms with Gasteiger partial charge in [0.05, 0.1) is 10.2 Å². The number of aryl methyl sites for hydroxylation is 2. The Bertz CT molecular complexity index is 1050. The molecule has 0 saturated heterocycles. The monoisotopic (exact) mass is 370 g/mol. The first kappa shape index (κ1) is 18.1. The van der Waals surface area contributed by atoms with E-state index in [1.165, 1.54) is 23.5 Å². The summed E-state index contributed by atoms with van der Waals surface area (Å²) in [4.78, 5) is 17.0. The fraction of sp³-hybridized carbons (Fsp3) is 0.200. The van der Waals surface area contributed by atoms with Gasteiger partial charge in [-0.1, -0.05) is 35.6 Å². The van der Waals surface area contributed by atoms with Crippen LogP contribution >= 0.6 is 11.3 Å². The summed E-state index contributed by atoms with van der Waals surface area (Å²) in [5.41, 5.74) is 3.31. The van der Waals surface area contributed by atoms with Crippen molar-refractivity contribution in [3.8, 4) is 5.75 Å². The van der Waals surface area contributed by atoms with Crippen molar-refractivity contribution in [2.24, 2.45) is 4.99 Å². The number of hydrogen-bond donors (Lipinski definition) is 0. The zero-order valence-corrected chi connectivity index (χ0v) is 15.5. The van der Waals surface area contributed by atoms with Gasteiger partial charge >= 0.3 is 0 Å². The third-order valence-electron chi connectivity index (χ3n) is 3.83. The summed E-state index contributed by atoms with van der Waals surface area (Å²) < 4.78 is 21.9. The van der Waals surface area contributed by atoms with Crippen LogP contribution in [0.15, 0.2) is 54.0 Å². The second-order valence-corrected chi connectivity index (χ2v) is 6.92. The van der Waals surface area contributed by atoms with Crippen LogP contribution in [-0.2, 0) is 11.3 Å². The van der Waals surface area contributed by atoms with E-state index in [1.54, 1.807) is 18.2 Å². The molecule has 0 saturated carbocycles. The number of amides is 1. The summed E-state index contributed by atoms with van der Waals surface area (Å²) in [6.45, 7) is 8.08. The van der Waals surface area contributed by atoms with Gasteiger partial charge in [-0.05, 0) is 43.2 Å². The molecule has 0 aliphatic rings. The van der Waals surface area contributed by atoms with E-state index in [9.17, 15) is 9.18 Å². The van der Waals surface area contributed by atoms with Gasteiger partial charge in [-0.3, -0.25) is 4.79 Å². The molecule has 26 heavy (non-hydrogen) atoms. The minimum absolute atomic E-state index is 0.0397. The number of carbonyl (C=O) groups excluding carboxylic acids is 1. The van der Waals surface area contributed by atoms with Crippen LogP contribution in [0, 0.1) is 19.7 Å². The number of benzene rings is 2. The maximum atomic E-state index is 13.6. The average molecular weight is 370 g/mol. The zero-order chi connectivity index (χ0) is 18.7. The van der Waals surface area contributed by atoms with E-state index in [2.05, 4.69) is 23.7 Å². The molecule has 0 N–H and O–H groups in total. The molecule has 0 radical (unpaired) electrons. The molecule has 0 aliphatic carbocycles. The Kier molecular flexibility index (Phi) is 5.32. The molecule has 1 heterocycles. The molecule has 6 heteroatoms. The molecule has 0 aliphatic heterocycles. The summed E-state index contributed by atoms with van der Waals surface area (Å²) >= 11 is 1.45. The van der Waals surface area contributed by atoms with Crippen LogP contribution in [0.1, 0.15) is 11.1 Å². The quantitative estimate of drug-likeness (QED) is 0.633. The third-order valence-corrected chi connectivity index (χ3v) is 5.06. The van der Waals surface area contributed by atoms with Crippen molar-refractivity contribution in [3.05, 3.63) is 70.8 Å². The van der Waals surface area contributed by atoms with Crippen molar-refractivity contribution < 1.29 is 13.9 Å². The standard InChI is InChI=1S/C20H19FN2O2S/c1-4-9-23-16-11-13(2)10-14(3)19(16)26-20(23)22-18(24)12-25-17-8-6-5-7-15(17)21/h4-8,10-11H,1,9,12H2,2-3H3. The summed E-state index contributed by atoms with van der Waals surface area (Å²) in [5, 5.41) is 0. The maximum absolute atomic E-state index is 13.6. The van der Waals surface area contributed by atoms with E-state index in [4.69, 9.17) is 4.74 Å². The SMILES string of the molecule is C=CCn1c(=NC(=O)COc2ccccc2F)sc2c(C)cc(C)cc21. The molecule has 0 unspecified atom stereocenters. The molecule has 2 aromatic carbocycles. The lowest BCUT2D eigenvalue weighted by Crippen LogP contribution is -2.19. The predicted octanol–water partition coefficient (Wildman–Crippen LogP) is 4.15. The Morgan fingerprint density at radius 1 is 1.35 bits per heavy atom. The van der Waals surface area contributed by atoms with Gasteiger partial charge in [-0.2, -0.15) is 4.99 Å². The van der Waals surface area contributed by atoms with Crippen molar-refractivity contribution in [2.45, 2.75) is 20.4 Å². The van der Waals surface area contributed by atoms with Crippen LogP contribution in [0.4, 0.5) is 4.39 Å².